The highest BCUT2D eigenvalue weighted by Gasteiger charge is 2.18. The number of aliphatic imine (C=N–C) groups is 1. The molecule has 0 radical (unpaired) electrons. The van der Waals surface area contributed by atoms with E-state index in [1.54, 1.807) is 19.4 Å². The van der Waals surface area contributed by atoms with Crippen molar-refractivity contribution in [3.63, 3.8) is 0 Å². The Morgan fingerprint density at radius 2 is 1.65 bits per heavy atom. The fraction of sp³-hybridized carbons (Fsp3) is 0.500. The summed E-state index contributed by atoms with van der Waals surface area (Å²) in [6, 6.07) is 11.8. The van der Waals surface area contributed by atoms with Crippen molar-refractivity contribution in [1.29, 1.82) is 0 Å². The summed E-state index contributed by atoms with van der Waals surface area (Å²) in [7, 11) is 1.81. The van der Waals surface area contributed by atoms with Crippen LogP contribution in [0.25, 0.3) is 0 Å². The average Bonchev–Trinajstić information content (AvgIpc) is 2.82. The summed E-state index contributed by atoms with van der Waals surface area (Å²) >= 11 is 0. The van der Waals surface area contributed by atoms with Gasteiger partial charge in [-0.2, -0.15) is 0 Å². The maximum absolute atomic E-state index is 5.71. The number of piperazine rings is 1. The molecule has 2 N–H and O–H groups in total. The van der Waals surface area contributed by atoms with Gasteiger partial charge in [-0.05, 0) is 37.6 Å². The van der Waals surface area contributed by atoms with Crippen molar-refractivity contribution in [2.45, 2.75) is 12.8 Å². The van der Waals surface area contributed by atoms with Gasteiger partial charge in [0, 0.05) is 58.7 Å². The topological polar surface area (TPSA) is 77.9 Å². The predicted molar refractivity (Wildman–Crippen MR) is 137 cm³/mol. The highest BCUT2D eigenvalue weighted by Crippen LogP contribution is 2.10. The lowest BCUT2D eigenvalue weighted by molar-refractivity contribution is 0.254. The third kappa shape index (κ3) is 9.26. The van der Waals surface area contributed by atoms with E-state index in [4.69, 9.17) is 4.74 Å². The molecule has 1 aliphatic rings. The maximum Gasteiger partial charge on any atom is 0.225 e. The van der Waals surface area contributed by atoms with Crippen LogP contribution in [0.15, 0.2) is 53.8 Å². The van der Waals surface area contributed by atoms with Gasteiger partial charge >= 0.3 is 0 Å². The second-order valence-electron chi connectivity index (χ2n) is 7.17. The maximum atomic E-state index is 5.71. The summed E-state index contributed by atoms with van der Waals surface area (Å²) in [5.41, 5.74) is 0. The lowest BCUT2D eigenvalue weighted by Crippen LogP contribution is -2.47. The number of guanidine groups is 1. The molecule has 0 atom stereocenters. The van der Waals surface area contributed by atoms with E-state index < -0.39 is 0 Å². The Hall–Kier alpha value is -2.14. The van der Waals surface area contributed by atoms with Crippen LogP contribution in [0, 0.1) is 0 Å². The molecule has 0 bridgehead atoms. The van der Waals surface area contributed by atoms with E-state index >= 15 is 0 Å². The molecule has 0 amide bonds. The van der Waals surface area contributed by atoms with Crippen molar-refractivity contribution >= 4 is 35.9 Å². The summed E-state index contributed by atoms with van der Waals surface area (Å²) in [6.07, 6.45) is 5.61. The predicted octanol–water partition coefficient (Wildman–Crippen LogP) is 2.24. The normalized spacial score (nSPS) is 14.6. The molecule has 2 aromatic rings. The average molecular weight is 539 g/mol. The summed E-state index contributed by atoms with van der Waals surface area (Å²) in [5, 5.41) is 6.74. The zero-order chi connectivity index (χ0) is 20.9. The number of nitrogens with zero attached hydrogens (tertiary/aromatic N) is 5. The molecule has 0 saturated carbocycles. The molecule has 1 aromatic heterocycles. The summed E-state index contributed by atoms with van der Waals surface area (Å²) in [4.78, 5) is 17.7. The fourth-order valence-corrected chi connectivity index (χ4v) is 3.34. The van der Waals surface area contributed by atoms with Gasteiger partial charge in [0.05, 0.1) is 6.61 Å². The number of rotatable bonds is 10. The highest BCUT2D eigenvalue weighted by atomic mass is 127. The van der Waals surface area contributed by atoms with Gasteiger partial charge in [0.25, 0.3) is 0 Å². The molecule has 8 nitrogen and oxygen atoms in total. The summed E-state index contributed by atoms with van der Waals surface area (Å²) < 4.78 is 5.71. The first-order chi connectivity index (χ1) is 14.8. The van der Waals surface area contributed by atoms with Gasteiger partial charge in [-0.1, -0.05) is 18.2 Å². The van der Waals surface area contributed by atoms with Crippen LogP contribution in [0.3, 0.4) is 0 Å². The largest absolute Gasteiger partial charge is 0.494 e. The van der Waals surface area contributed by atoms with Crippen LogP contribution >= 0.6 is 24.0 Å². The first-order valence-corrected chi connectivity index (χ1v) is 10.7. The van der Waals surface area contributed by atoms with Gasteiger partial charge in [-0.25, -0.2) is 9.97 Å². The molecule has 1 aromatic carbocycles. The first kappa shape index (κ1) is 25.1. The van der Waals surface area contributed by atoms with Crippen molar-refractivity contribution in [2.24, 2.45) is 4.99 Å². The van der Waals surface area contributed by atoms with Gasteiger partial charge in [0.2, 0.25) is 5.95 Å². The van der Waals surface area contributed by atoms with Crippen LogP contribution in [0.1, 0.15) is 12.8 Å². The van der Waals surface area contributed by atoms with E-state index in [9.17, 15) is 0 Å². The number of anilines is 1. The Labute approximate surface area is 202 Å². The quantitative estimate of drug-likeness (QED) is 0.208. The van der Waals surface area contributed by atoms with Crippen molar-refractivity contribution < 1.29 is 4.74 Å². The molecule has 2 heterocycles. The molecule has 3 rings (SSSR count). The number of para-hydroxylation sites is 1. The third-order valence-corrected chi connectivity index (χ3v) is 5.00. The molecule has 0 aliphatic carbocycles. The van der Waals surface area contributed by atoms with E-state index in [0.29, 0.717) is 6.61 Å². The van der Waals surface area contributed by atoms with Crippen LogP contribution < -0.4 is 20.3 Å². The molecule has 31 heavy (non-hydrogen) atoms. The van der Waals surface area contributed by atoms with Crippen molar-refractivity contribution in [1.82, 2.24) is 25.5 Å². The number of aromatic nitrogens is 2. The molecule has 0 spiro atoms. The molecular weight excluding hydrogens is 505 g/mol. The van der Waals surface area contributed by atoms with Gasteiger partial charge in [-0.3, -0.25) is 9.89 Å². The van der Waals surface area contributed by atoms with Crippen molar-refractivity contribution in [3.05, 3.63) is 48.8 Å². The zero-order valence-electron chi connectivity index (χ0n) is 18.2. The van der Waals surface area contributed by atoms with Crippen LogP contribution in [0.4, 0.5) is 5.95 Å². The first-order valence-electron chi connectivity index (χ1n) is 10.7. The lowest BCUT2D eigenvalue weighted by atomic mass is 10.3. The Bertz CT molecular complexity index is 740. The van der Waals surface area contributed by atoms with Crippen molar-refractivity contribution in [3.8, 4) is 5.75 Å². The number of nitrogens with one attached hydrogen (secondary N) is 2. The second kappa shape index (κ2) is 14.8. The fourth-order valence-electron chi connectivity index (χ4n) is 3.34. The standard InChI is InChI=1S/C22H33N7O.HI/c1-23-21(25-13-7-19-30-20-8-3-2-4-9-20)24-12-6-14-28-15-17-29(18-16-28)22-26-10-5-11-27-22;/h2-5,8-11H,6-7,12-19H2,1H3,(H2,23,24,25);1H. The van der Waals surface area contributed by atoms with E-state index in [2.05, 4.69) is 35.4 Å². The SMILES string of the molecule is CN=C(NCCCOc1ccccc1)NCCCN1CCN(c2ncccn2)CC1.I. The monoisotopic (exact) mass is 539 g/mol. The lowest BCUT2D eigenvalue weighted by Gasteiger charge is -2.34. The molecular formula is C22H34IN7O. The molecule has 170 valence electrons. The molecule has 1 saturated heterocycles. The number of hydrogen-bond acceptors (Lipinski definition) is 6. The number of ether oxygens (including phenoxy) is 1. The Morgan fingerprint density at radius 3 is 2.32 bits per heavy atom. The highest BCUT2D eigenvalue weighted by molar-refractivity contribution is 14.0. The van der Waals surface area contributed by atoms with Crippen molar-refractivity contribution in [2.75, 3.05) is 64.4 Å². The van der Waals surface area contributed by atoms with Crippen LogP contribution in [-0.2, 0) is 0 Å². The Morgan fingerprint density at radius 1 is 0.968 bits per heavy atom. The minimum absolute atomic E-state index is 0. The molecule has 1 fully saturated rings. The van der Waals surface area contributed by atoms with E-state index in [0.717, 1.165) is 76.3 Å². The number of hydrogen-bond donors (Lipinski definition) is 2. The van der Waals surface area contributed by atoms with E-state index in [-0.39, 0.29) is 24.0 Å². The van der Waals surface area contributed by atoms with E-state index in [1.807, 2.05) is 36.4 Å². The van der Waals surface area contributed by atoms with Gasteiger partial charge in [0.1, 0.15) is 5.75 Å². The van der Waals surface area contributed by atoms with Crippen LogP contribution in [-0.4, -0.2) is 80.3 Å². The van der Waals surface area contributed by atoms with Crippen LogP contribution in [0.2, 0.25) is 0 Å². The van der Waals surface area contributed by atoms with Gasteiger partial charge < -0.3 is 20.3 Å². The van der Waals surface area contributed by atoms with Gasteiger partial charge in [0.15, 0.2) is 5.96 Å². The van der Waals surface area contributed by atoms with Crippen LogP contribution in [0.5, 0.6) is 5.75 Å². The molecule has 9 heteroatoms. The Kier molecular flexibility index (Phi) is 12.0. The molecule has 1 aliphatic heterocycles. The minimum atomic E-state index is 0. The molecule has 0 unspecified atom stereocenters. The summed E-state index contributed by atoms with van der Waals surface area (Å²) in [5.74, 6) is 2.60. The smallest absolute Gasteiger partial charge is 0.225 e. The zero-order valence-corrected chi connectivity index (χ0v) is 20.6. The van der Waals surface area contributed by atoms with Gasteiger partial charge in [-0.15, -0.1) is 24.0 Å². The third-order valence-electron chi connectivity index (χ3n) is 5.00. The number of benzene rings is 1. The summed E-state index contributed by atoms with van der Waals surface area (Å²) in [6.45, 7) is 7.56. The second-order valence-corrected chi connectivity index (χ2v) is 7.17. The minimum Gasteiger partial charge on any atom is -0.494 e. The Balaban J connectivity index is 0.00000341. The van der Waals surface area contributed by atoms with E-state index in [1.165, 1.54) is 0 Å². The number of halogens is 1.